The van der Waals surface area contributed by atoms with Crippen LogP contribution in [0, 0.1) is 0 Å². The number of nitrogens with zero attached hydrogens (tertiary/aromatic N) is 6. The molecule has 0 saturated carbocycles. The molecule has 2 unspecified atom stereocenters. The van der Waals surface area contributed by atoms with Gasteiger partial charge in [-0.3, -0.25) is 9.80 Å². The second-order valence-corrected chi connectivity index (χ2v) is 10.1. The maximum atomic E-state index is 6.31. The molecule has 44 heavy (non-hydrogen) atoms. The molecule has 8 N–H and O–H groups in total. The molecule has 2 aliphatic heterocycles. The van der Waals surface area contributed by atoms with Crippen molar-refractivity contribution in [2.75, 3.05) is 9.80 Å². The average Bonchev–Trinajstić information content (AvgIpc) is 3.01. The number of aliphatic imine (C=N–C) groups is 4. The molecular formula is C32H34Cl2N10. The average molecular weight is 630 g/mol. The summed E-state index contributed by atoms with van der Waals surface area (Å²) in [6.45, 7) is 0. The standard InChI is InChI=1S/C32H32N10.2ClH/c33-29-37-27(23-7-3-1-4-8-23)41(31(35)39-29)25-17-13-21(14-18-25)11-12-22-15-19-26(20-16-22)42-28(24-9-5-2-6-10-24)38-30(34)40-32(42)36;;/h1-10,13-20,27-28H,11-12H2,(H4,33,35,37,39)(H4,34,36,38,40);2*1H. The molecule has 0 bridgehead atoms. The Morgan fingerprint density at radius 3 is 1.16 bits per heavy atom. The maximum absolute atomic E-state index is 6.31. The predicted molar refractivity (Wildman–Crippen MR) is 185 cm³/mol. The van der Waals surface area contributed by atoms with E-state index in [4.69, 9.17) is 22.9 Å². The molecule has 0 aliphatic carbocycles. The molecule has 226 valence electrons. The van der Waals surface area contributed by atoms with E-state index in [0.717, 1.165) is 35.3 Å². The minimum atomic E-state index is -0.379. The lowest BCUT2D eigenvalue weighted by atomic mass is 10.0. The summed E-state index contributed by atoms with van der Waals surface area (Å²) in [5.41, 5.74) is 30.7. The Balaban J connectivity index is 0.00000221. The first-order valence-electron chi connectivity index (χ1n) is 13.7. The summed E-state index contributed by atoms with van der Waals surface area (Å²) in [4.78, 5) is 21.3. The van der Waals surface area contributed by atoms with E-state index < -0.39 is 0 Å². The normalized spacial score (nSPS) is 17.7. The van der Waals surface area contributed by atoms with Gasteiger partial charge in [0.25, 0.3) is 0 Å². The third-order valence-electron chi connectivity index (χ3n) is 7.28. The Labute approximate surface area is 268 Å². The summed E-state index contributed by atoms with van der Waals surface area (Å²) in [6.07, 6.45) is 0.986. The first-order valence-corrected chi connectivity index (χ1v) is 13.7. The van der Waals surface area contributed by atoms with Crippen LogP contribution in [0.1, 0.15) is 34.6 Å². The van der Waals surface area contributed by atoms with Gasteiger partial charge < -0.3 is 22.9 Å². The van der Waals surface area contributed by atoms with Gasteiger partial charge in [0.2, 0.25) is 23.8 Å². The number of halogens is 2. The molecule has 0 fully saturated rings. The first kappa shape index (κ1) is 31.9. The molecule has 6 rings (SSSR count). The highest BCUT2D eigenvalue weighted by Gasteiger charge is 2.28. The molecule has 0 saturated heterocycles. The van der Waals surface area contributed by atoms with Gasteiger partial charge in [0.15, 0.2) is 12.3 Å². The van der Waals surface area contributed by atoms with Crippen molar-refractivity contribution in [2.24, 2.45) is 42.9 Å². The molecule has 4 aromatic rings. The fraction of sp³-hybridized carbons (Fsp3) is 0.125. The minimum absolute atomic E-state index is 0. The zero-order valence-corrected chi connectivity index (χ0v) is 25.4. The quantitative estimate of drug-likeness (QED) is 0.234. The summed E-state index contributed by atoms with van der Waals surface area (Å²) in [5, 5.41) is 0. The number of hydrogen-bond acceptors (Lipinski definition) is 10. The lowest BCUT2D eigenvalue weighted by molar-refractivity contribution is 0.736. The van der Waals surface area contributed by atoms with Crippen LogP contribution >= 0.6 is 24.8 Å². The largest absolute Gasteiger partial charge is 0.369 e. The van der Waals surface area contributed by atoms with Gasteiger partial charge in [0.1, 0.15) is 0 Å². The summed E-state index contributed by atoms with van der Waals surface area (Å²) < 4.78 is 0. The van der Waals surface area contributed by atoms with E-state index in [2.05, 4.69) is 44.2 Å². The van der Waals surface area contributed by atoms with E-state index in [9.17, 15) is 0 Å². The number of guanidine groups is 4. The van der Waals surface area contributed by atoms with Crippen molar-refractivity contribution in [3.63, 3.8) is 0 Å². The van der Waals surface area contributed by atoms with Crippen molar-refractivity contribution in [3.05, 3.63) is 131 Å². The Kier molecular flexibility index (Phi) is 10.1. The molecule has 10 nitrogen and oxygen atoms in total. The number of aryl methyl sites for hydroxylation is 2. The summed E-state index contributed by atoms with van der Waals surface area (Å²) in [6, 6.07) is 36.4. The maximum Gasteiger partial charge on any atom is 0.221 e. The van der Waals surface area contributed by atoms with Crippen LogP contribution in [0.3, 0.4) is 0 Å². The monoisotopic (exact) mass is 628 g/mol. The van der Waals surface area contributed by atoms with Crippen LogP contribution in [-0.2, 0) is 12.8 Å². The fourth-order valence-corrected chi connectivity index (χ4v) is 5.20. The highest BCUT2D eigenvalue weighted by Crippen LogP contribution is 2.32. The van der Waals surface area contributed by atoms with Crippen LogP contribution in [0.4, 0.5) is 11.4 Å². The van der Waals surface area contributed by atoms with Crippen molar-refractivity contribution < 1.29 is 0 Å². The van der Waals surface area contributed by atoms with E-state index >= 15 is 0 Å². The van der Waals surface area contributed by atoms with Crippen molar-refractivity contribution in [1.82, 2.24) is 0 Å². The van der Waals surface area contributed by atoms with Gasteiger partial charge in [-0.25, -0.2) is 9.98 Å². The fourth-order valence-electron chi connectivity index (χ4n) is 5.20. The molecule has 0 aromatic heterocycles. The molecule has 4 aromatic carbocycles. The van der Waals surface area contributed by atoms with Gasteiger partial charge in [-0.1, -0.05) is 84.9 Å². The van der Waals surface area contributed by atoms with Crippen molar-refractivity contribution in [3.8, 4) is 0 Å². The van der Waals surface area contributed by atoms with Gasteiger partial charge >= 0.3 is 0 Å². The highest BCUT2D eigenvalue weighted by atomic mass is 35.5. The molecule has 2 heterocycles. The summed E-state index contributed by atoms with van der Waals surface area (Å²) >= 11 is 0. The number of hydrogen-bond donors (Lipinski definition) is 4. The van der Waals surface area contributed by atoms with E-state index in [-0.39, 0.29) is 49.1 Å². The topological polar surface area (TPSA) is 160 Å². The van der Waals surface area contributed by atoms with Gasteiger partial charge in [0.05, 0.1) is 0 Å². The number of nitrogens with two attached hydrogens (primary N) is 4. The molecule has 0 radical (unpaired) electrons. The third kappa shape index (κ3) is 6.77. The van der Waals surface area contributed by atoms with Crippen LogP contribution in [-0.4, -0.2) is 23.8 Å². The lowest BCUT2D eigenvalue weighted by Crippen LogP contribution is -2.44. The zero-order chi connectivity index (χ0) is 29.1. The second kappa shape index (κ2) is 13.9. The first-order chi connectivity index (χ1) is 20.5. The van der Waals surface area contributed by atoms with Crippen LogP contribution in [0.2, 0.25) is 0 Å². The molecule has 0 amide bonds. The van der Waals surface area contributed by atoms with E-state index in [1.54, 1.807) is 0 Å². The van der Waals surface area contributed by atoms with Gasteiger partial charge in [-0.05, 0) is 59.4 Å². The Morgan fingerprint density at radius 2 is 0.818 bits per heavy atom. The lowest BCUT2D eigenvalue weighted by Gasteiger charge is -2.33. The van der Waals surface area contributed by atoms with Gasteiger partial charge in [0, 0.05) is 11.4 Å². The van der Waals surface area contributed by atoms with Crippen LogP contribution in [0.25, 0.3) is 0 Å². The van der Waals surface area contributed by atoms with E-state index in [1.807, 2.05) is 94.7 Å². The van der Waals surface area contributed by atoms with Crippen molar-refractivity contribution in [2.45, 2.75) is 25.2 Å². The van der Waals surface area contributed by atoms with Crippen LogP contribution in [0.15, 0.2) is 129 Å². The van der Waals surface area contributed by atoms with Crippen LogP contribution in [0.5, 0.6) is 0 Å². The highest BCUT2D eigenvalue weighted by molar-refractivity contribution is 6.05. The molecule has 2 aliphatic rings. The Bertz CT molecular complexity index is 1550. The number of rotatable bonds is 7. The van der Waals surface area contributed by atoms with E-state index in [0.29, 0.717) is 11.9 Å². The minimum Gasteiger partial charge on any atom is -0.369 e. The SMILES string of the molecule is Cl.Cl.NC1=NC(c2ccccc2)N(c2ccc(CCc3ccc(N4C(N)=NC(N)=NC4c4ccccc4)cc3)cc2)C(N)=N1. The van der Waals surface area contributed by atoms with E-state index in [1.165, 1.54) is 11.1 Å². The number of benzene rings is 4. The Morgan fingerprint density at radius 1 is 0.477 bits per heavy atom. The van der Waals surface area contributed by atoms with Gasteiger partial charge in [-0.2, -0.15) is 9.98 Å². The summed E-state index contributed by atoms with van der Waals surface area (Å²) in [5.74, 6) is 0.962. The molecule has 12 heteroatoms. The Hall–Kier alpha value is -5.06. The smallest absolute Gasteiger partial charge is 0.221 e. The van der Waals surface area contributed by atoms with Crippen molar-refractivity contribution >= 4 is 60.0 Å². The molecule has 2 atom stereocenters. The van der Waals surface area contributed by atoms with Gasteiger partial charge in [-0.15, -0.1) is 24.8 Å². The zero-order valence-electron chi connectivity index (χ0n) is 23.8. The molecular weight excluding hydrogens is 595 g/mol. The molecule has 0 spiro atoms. The summed E-state index contributed by atoms with van der Waals surface area (Å²) in [7, 11) is 0. The second-order valence-electron chi connectivity index (χ2n) is 10.1. The van der Waals surface area contributed by atoms with Crippen molar-refractivity contribution in [1.29, 1.82) is 0 Å². The van der Waals surface area contributed by atoms with Crippen LogP contribution < -0.4 is 32.7 Å². The predicted octanol–water partition coefficient (Wildman–Crippen LogP) is 4.61. The third-order valence-corrected chi connectivity index (χ3v) is 7.28. The number of anilines is 2.